The normalized spacial score (nSPS) is 24.0. The molecule has 532 valence electrons. The molecule has 4 aromatic heterocycles. The van der Waals surface area contributed by atoms with Crippen LogP contribution in [0.2, 0.25) is 0 Å². The van der Waals surface area contributed by atoms with Crippen LogP contribution in [0, 0.1) is 18.8 Å². The van der Waals surface area contributed by atoms with Crippen molar-refractivity contribution < 1.29 is 103 Å². The Labute approximate surface area is 560 Å². The van der Waals surface area contributed by atoms with Gasteiger partial charge in [-0.3, -0.25) is 33.6 Å². The number of anilines is 1. The number of primary amides is 3. The van der Waals surface area contributed by atoms with Gasteiger partial charge in [0.15, 0.2) is 18.7 Å². The Morgan fingerprint density at radius 2 is 1.48 bits per heavy atom. The summed E-state index contributed by atoms with van der Waals surface area (Å²) in [5.41, 5.74) is 28.4. The van der Waals surface area contributed by atoms with Crippen molar-refractivity contribution in [2.24, 2.45) is 34.8 Å². The third-order valence-electron chi connectivity index (χ3n) is 16.0. The number of carbonyl (C=O) groups is 8. The number of nitrogen functional groups attached to an aromatic ring is 1. The molecule has 0 spiro atoms. The number of hydrogen-bond donors (Lipinski definition) is 18. The van der Waals surface area contributed by atoms with Gasteiger partial charge in [-0.15, -0.1) is 22.7 Å². The summed E-state index contributed by atoms with van der Waals surface area (Å²) in [4.78, 5) is 131. The molecular formula is C57H86N15O21S3+. The molecule has 6 rings (SSSR count). The molecule has 0 aliphatic carbocycles. The van der Waals surface area contributed by atoms with Crippen molar-refractivity contribution in [2.45, 2.75) is 170 Å². The van der Waals surface area contributed by atoms with Crippen LogP contribution in [0.4, 0.5) is 10.6 Å². The van der Waals surface area contributed by atoms with E-state index in [0.717, 1.165) is 24.7 Å². The fourth-order valence-electron chi connectivity index (χ4n) is 10.3. The van der Waals surface area contributed by atoms with Gasteiger partial charge in [0.05, 0.1) is 79.2 Å². The van der Waals surface area contributed by atoms with Gasteiger partial charge in [-0.1, -0.05) is 6.92 Å². The average molecular weight is 1410 g/mol. The summed E-state index contributed by atoms with van der Waals surface area (Å²) in [5.74, 6) is -9.18. The van der Waals surface area contributed by atoms with E-state index < -0.39 is 189 Å². The lowest BCUT2D eigenvalue weighted by atomic mass is 9.87. The summed E-state index contributed by atoms with van der Waals surface area (Å²) in [6.07, 6.45) is -20.3. The number of carbonyl (C=O) groups excluding carboxylic acids is 8. The zero-order valence-corrected chi connectivity index (χ0v) is 55.7. The Balaban J connectivity index is 1.26. The Bertz CT molecular complexity index is 3280. The average Bonchev–Trinajstić information content (AvgIpc) is 0.883. The topological polar surface area (TPSA) is 603 Å². The van der Waals surface area contributed by atoms with Crippen molar-refractivity contribution in [1.82, 2.24) is 51.2 Å². The number of aliphatic hydroxyl groups is 8. The predicted molar refractivity (Wildman–Crippen MR) is 341 cm³/mol. The van der Waals surface area contributed by atoms with Crippen LogP contribution in [0.25, 0.3) is 10.7 Å². The van der Waals surface area contributed by atoms with Crippen molar-refractivity contribution in [3.63, 3.8) is 0 Å². The van der Waals surface area contributed by atoms with Crippen LogP contribution in [0.1, 0.15) is 108 Å². The molecule has 0 aromatic carbocycles. The molecule has 2 saturated heterocycles. The minimum absolute atomic E-state index is 0.0378. The number of H-pyrrole nitrogens is 1. The third-order valence-corrected chi connectivity index (χ3v) is 18.9. The van der Waals surface area contributed by atoms with Gasteiger partial charge >= 0.3 is 6.09 Å². The zero-order chi connectivity index (χ0) is 71.0. The second-order valence-electron chi connectivity index (χ2n) is 23.4. The number of aromatic nitrogens is 6. The van der Waals surface area contributed by atoms with E-state index in [-0.39, 0.29) is 71.2 Å². The number of nitrogens with one attached hydrogen (secondary N) is 5. The molecule has 2 aliphatic heterocycles. The van der Waals surface area contributed by atoms with Gasteiger partial charge in [0.2, 0.25) is 23.6 Å². The molecule has 0 saturated carbocycles. The highest BCUT2D eigenvalue weighted by Crippen LogP contribution is 2.35. The number of nitrogens with zero attached hydrogens (tertiary/aromatic N) is 5. The van der Waals surface area contributed by atoms with E-state index >= 15 is 4.79 Å². The van der Waals surface area contributed by atoms with Crippen molar-refractivity contribution in [3.8, 4) is 10.7 Å². The minimum atomic E-state index is -2.19. The molecule has 96 heavy (non-hydrogen) atoms. The van der Waals surface area contributed by atoms with Gasteiger partial charge < -0.3 is 119 Å². The van der Waals surface area contributed by atoms with Crippen LogP contribution in [-0.2, 0) is 65.0 Å². The number of thiazole rings is 2. The van der Waals surface area contributed by atoms with Gasteiger partial charge in [0, 0.05) is 66.9 Å². The molecule has 36 nitrogen and oxygen atoms in total. The summed E-state index contributed by atoms with van der Waals surface area (Å²) in [5, 5.41) is 103. The quantitative estimate of drug-likeness (QED) is 0.0149. The maximum absolute atomic E-state index is 15.2. The number of rotatable bonds is 36. The maximum Gasteiger partial charge on any atom is 0.404 e. The van der Waals surface area contributed by atoms with E-state index in [9.17, 15) is 74.4 Å². The van der Waals surface area contributed by atoms with Crippen LogP contribution in [0.3, 0.4) is 0 Å². The van der Waals surface area contributed by atoms with E-state index in [1.54, 1.807) is 10.8 Å². The van der Waals surface area contributed by atoms with Gasteiger partial charge in [-0.05, 0) is 44.5 Å². The molecule has 10 unspecified atom stereocenters. The number of aromatic amines is 1. The highest BCUT2D eigenvalue weighted by Gasteiger charge is 2.54. The summed E-state index contributed by atoms with van der Waals surface area (Å²) >= 11 is 2.55. The Morgan fingerprint density at radius 3 is 2.10 bits per heavy atom. The number of Topliss-reactive ketones (excluding diaryl/α,β-unsaturated/α-hetero) is 1. The van der Waals surface area contributed by atoms with Crippen molar-refractivity contribution >= 4 is 86.7 Å². The summed E-state index contributed by atoms with van der Waals surface area (Å²) in [6, 6.07) is -4.78. The first-order valence-electron chi connectivity index (χ1n) is 30.3. The van der Waals surface area contributed by atoms with E-state index in [0.29, 0.717) is 22.3 Å². The maximum atomic E-state index is 15.2. The van der Waals surface area contributed by atoms with Gasteiger partial charge in [-0.2, -0.15) is 0 Å². The Morgan fingerprint density at radius 1 is 0.792 bits per heavy atom. The molecule has 0 radical (unpaired) electrons. The molecule has 7 amide bonds. The second kappa shape index (κ2) is 36.0. The number of imidazole rings is 1. The molecule has 39 heteroatoms. The fourth-order valence-corrected chi connectivity index (χ4v) is 12.7. The van der Waals surface area contributed by atoms with Gasteiger partial charge in [0.1, 0.15) is 100 Å². The zero-order valence-electron chi connectivity index (χ0n) is 53.3. The molecule has 23 N–H and O–H groups in total. The van der Waals surface area contributed by atoms with Crippen LogP contribution in [0.5, 0.6) is 0 Å². The van der Waals surface area contributed by atoms with Crippen LogP contribution >= 0.6 is 22.7 Å². The summed E-state index contributed by atoms with van der Waals surface area (Å²) in [6.45, 7) is 3.79. The van der Waals surface area contributed by atoms with E-state index in [1.807, 2.05) is 0 Å². The molecule has 6 heterocycles. The molecule has 4 aromatic rings. The standard InChI is InChI=1S/C57H85N15O21S3/c1-22(32(76)15-27(25(4)75)50(84)65-12-10-36-68-31(20-94-36)54-69-30(19-95-54)51(85)64-11-7-13-96(5)6)39(78)24(3)67-53(87)38(71-52(86)37-23(2)47(60)72-49(70-37)26(14-35(59)77)8-9-28(58)48(61)83)44(29-16-63-21-66-29)91-56-46(42(81)40(79)33(17-73)90-56)92-55-43(82)45(93-57(62)88)41(80)34(18-74)89-55/h16,19-22,24-28,33-34,38-46,55-56,73-75,78-82H,7-15,17-18,58H2,1-6H3,(H12-,59,60,61,62,63,64,65,66,67,70,71,72,77,83,84,85,86,87,88)/p+1/t22-,24-,25-,26+,27+,28+,33?,34?,38+,39+,40?,41?,42?,43?,44+,45?,46?,55?,56?/m1/s1. The highest BCUT2D eigenvalue weighted by atomic mass is 32.2. The second-order valence-corrected chi connectivity index (χ2v) is 27.6. The van der Waals surface area contributed by atoms with Crippen molar-refractivity contribution in [1.29, 1.82) is 0 Å². The molecule has 0 bridgehead atoms. The fraction of sp³-hybridized carbons (Fsp3) is 0.632. The first kappa shape index (κ1) is 77.9. The number of nitrogens with two attached hydrogens (primary N) is 5. The van der Waals surface area contributed by atoms with Gasteiger partial charge in [-0.25, -0.2) is 29.7 Å². The lowest BCUT2D eigenvalue weighted by Gasteiger charge is -2.47. The molecule has 2 aliphatic rings. The van der Waals surface area contributed by atoms with Crippen molar-refractivity contribution in [2.75, 3.05) is 50.3 Å². The number of aliphatic hydroxyl groups excluding tert-OH is 8. The van der Waals surface area contributed by atoms with Crippen molar-refractivity contribution in [3.05, 3.63) is 56.8 Å². The van der Waals surface area contributed by atoms with E-state index in [4.69, 9.17) is 52.4 Å². The van der Waals surface area contributed by atoms with Crippen LogP contribution in [0.15, 0.2) is 23.3 Å². The lowest BCUT2D eigenvalue weighted by Crippen LogP contribution is -2.65. The first-order valence-corrected chi connectivity index (χ1v) is 34.3. The van der Waals surface area contributed by atoms with E-state index in [1.165, 1.54) is 50.4 Å². The summed E-state index contributed by atoms with van der Waals surface area (Å²) < 4.78 is 28.8. The minimum Gasteiger partial charge on any atom is -0.441 e. The highest BCUT2D eigenvalue weighted by molar-refractivity contribution is 7.95. The van der Waals surface area contributed by atoms with Crippen LogP contribution < -0.4 is 49.9 Å². The number of hydrogen-bond acceptors (Lipinski definition) is 30. The lowest BCUT2D eigenvalue weighted by molar-refractivity contribution is -0.372. The Kier molecular flexibility index (Phi) is 29.2. The Hall–Kier alpha value is -7.06. The monoisotopic (exact) mass is 1410 g/mol. The largest absolute Gasteiger partial charge is 0.441 e. The SMILES string of the molecule is Cc1c(N)nc([C@@H](CC[C@H](N)C(N)=O)CC(N)=O)nc1C(=O)N[C@H](C(=O)N[C@H](C)[C@@H](O)[C@H](C)C(=O)C[C@H](C(=O)NCCc1nc(-c2nc(C(=O)NCCC[S+](C)C)cs2)cs1)[C@@H](C)O)[C@@H](OC1OC(CO)C(O)C(O)C1OC1OC(CO)C(O)C(OC(N)=O)C1O)c1cnc[nH]1. The first-order chi connectivity index (χ1) is 45.3. The third kappa shape index (κ3) is 20.7. The molecular weight excluding hydrogens is 1330 g/mol. The summed E-state index contributed by atoms with van der Waals surface area (Å²) in [7, 11) is 0.258. The molecule has 2 fully saturated rings. The number of ether oxygens (including phenoxy) is 5. The van der Waals surface area contributed by atoms with Gasteiger partial charge in [0.25, 0.3) is 11.8 Å². The number of ketones is 1. The van der Waals surface area contributed by atoms with E-state index in [2.05, 4.69) is 63.7 Å². The number of amides is 7. The predicted octanol–water partition coefficient (Wildman–Crippen LogP) is -5.38. The van der Waals surface area contributed by atoms with Crippen LogP contribution in [-0.4, -0.2) is 254 Å². The smallest absolute Gasteiger partial charge is 0.404 e. The molecule has 19 atom stereocenters.